The number of thiocarbonyl (C=S) groups is 1. The number of ether oxygens (including phenoxy) is 1. The SMILES string of the molecule is [3H]NC(=S)Nc1ccc(OC(C)C)cc1. The van der Waals surface area contributed by atoms with Gasteiger partial charge >= 0.3 is 0 Å². The molecule has 1 rings (SSSR count). The number of hydrogen-bond donors (Lipinski definition) is 2. The van der Waals surface area contributed by atoms with E-state index < -0.39 is 0 Å². The topological polar surface area (TPSA) is 47.3 Å². The third-order valence-electron chi connectivity index (χ3n) is 1.48. The van der Waals surface area contributed by atoms with Crippen molar-refractivity contribution in [1.82, 2.24) is 0 Å². The van der Waals surface area contributed by atoms with E-state index in [0.29, 0.717) is 0 Å². The summed E-state index contributed by atoms with van der Waals surface area (Å²) in [7, 11) is 0. The van der Waals surface area contributed by atoms with Crippen LogP contribution in [0.5, 0.6) is 5.75 Å². The lowest BCUT2D eigenvalue weighted by Gasteiger charge is -2.10. The van der Waals surface area contributed by atoms with E-state index in [1.807, 2.05) is 38.1 Å². The lowest BCUT2D eigenvalue weighted by atomic mass is 10.3. The molecular formula is C10H14N2OS. The molecule has 0 aromatic heterocycles. The first-order valence-corrected chi connectivity index (χ1v) is 4.78. The Bertz CT molecular complexity index is 327. The predicted octanol–water partition coefficient (Wildman–Crippen LogP) is 2.13. The number of anilines is 1. The number of benzene rings is 1. The van der Waals surface area contributed by atoms with Gasteiger partial charge < -0.3 is 15.8 Å². The molecule has 76 valence electrons. The van der Waals surface area contributed by atoms with Gasteiger partial charge in [-0.25, -0.2) is 0 Å². The summed E-state index contributed by atoms with van der Waals surface area (Å²) in [4.78, 5) is 0. The maximum atomic E-state index is 6.81. The van der Waals surface area contributed by atoms with Gasteiger partial charge in [0.15, 0.2) is 6.52 Å². The van der Waals surface area contributed by atoms with Crippen LogP contribution in [0.3, 0.4) is 0 Å². The Morgan fingerprint density at radius 2 is 2.14 bits per heavy atom. The van der Waals surface area contributed by atoms with Crippen LogP contribution in [0.25, 0.3) is 0 Å². The van der Waals surface area contributed by atoms with Crippen molar-refractivity contribution in [2.24, 2.45) is 5.73 Å². The molecule has 0 amide bonds. The molecule has 0 atom stereocenters. The maximum absolute atomic E-state index is 6.81. The van der Waals surface area contributed by atoms with Crippen molar-refractivity contribution < 1.29 is 6.15 Å². The molecule has 0 radical (unpaired) electrons. The minimum atomic E-state index is 0.166. The van der Waals surface area contributed by atoms with E-state index in [0.717, 1.165) is 11.4 Å². The van der Waals surface area contributed by atoms with Crippen molar-refractivity contribution in [3.63, 3.8) is 0 Å². The fraction of sp³-hybridized carbons (Fsp3) is 0.300. The smallest absolute Gasteiger partial charge is 0.168 e. The van der Waals surface area contributed by atoms with Gasteiger partial charge in [0, 0.05) is 5.69 Å². The Labute approximate surface area is 90.7 Å². The van der Waals surface area contributed by atoms with E-state index in [1.54, 1.807) is 0 Å². The molecule has 0 aliphatic carbocycles. The fourth-order valence-corrected chi connectivity index (χ4v) is 1.14. The second-order valence-corrected chi connectivity index (χ2v) is 3.55. The van der Waals surface area contributed by atoms with Crippen LogP contribution < -0.4 is 15.8 Å². The van der Waals surface area contributed by atoms with E-state index in [4.69, 9.17) is 18.4 Å². The highest BCUT2D eigenvalue weighted by atomic mass is 32.1. The van der Waals surface area contributed by atoms with Gasteiger partial charge in [0.1, 0.15) is 5.75 Å². The van der Waals surface area contributed by atoms with Crippen LogP contribution in [-0.4, -0.2) is 11.2 Å². The molecule has 0 unspecified atom stereocenters. The van der Waals surface area contributed by atoms with Gasteiger partial charge in [-0.05, 0) is 50.3 Å². The highest BCUT2D eigenvalue weighted by Crippen LogP contribution is 2.16. The standard InChI is InChI=1S/C10H14N2OS/c1-7(2)13-9-5-3-8(4-6-9)12-10(11)14/h3-7H,1-2H3,(H3,11,12,14)/i/hT. The van der Waals surface area contributed by atoms with Crippen LogP contribution in [0.4, 0.5) is 5.69 Å². The van der Waals surface area contributed by atoms with E-state index in [9.17, 15) is 0 Å². The summed E-state index contributed by atoms with van der Waals surface area (Å²) in [6.07, 6.45) is 0.166. The molecular weight excluding hydrogens is 196 g/mol. The van der Waals surface area contributed by atoms with Crippen LogP contribution in [0, 0.1) is 0 Å². The first-order valence-electron chi connectivity index (χ1n) is 4.87. The third-order valence-corrected chi connectivity index (χ3v) is 1.59. The second-order valence-electron chi connectivity index (χ2n) is 3.15. The molecule has 1 aromatic rings. The average Bonchev–Trinajstić information content (AvgIpc) is 2.20. The highest BCUT2D eigenvalue weighted by Gasteiger charge is 1.97. The van der Waals surface area contributed by atoms with Gasteiger partial charge in [-0.1, -0.05) is 0 Å². The van der Waals surface area contributed by atoms with Crippen LogP contribution in [0.1, 0.15) is 13.8 Å². The number of rotatable bonds is 3. The predicted molar refractivity (Wildman–Crippen MR) is 62.6 cm³/mol. The first kappa shape index (κ1) is 9.27. The molecule has 0 bridgehead atoms. The normalized spacial score (nSPS) is 10.6. The number of hydrogen-bond acceptors (Lipinski definition) is 2. The van der Waals surface area contributed by atoms with Gasteiger partial charge in [0.2, 0.25) is 0 Å². The first-order chi connectivity index (χ1) is 7.11. The second kappa shape index (κ2) is 4.81. The molecule has 0 fully saturated rings. The van der Waals surface area contributed by atoms with E-state index in [1.165, 1.54) is 0 Å². The zero-order valence-corrected chi connectivity index (χ0v) is 9.02. The van der Waals surface area contributed by atoms with Crippen molar-refractivity contribution in [2.45, 2.75) is 20.0 Å². The van der Waals surface area contributed by atoms with E-state index >= 15 is 0 Å². The zero-order chi connectivity index (χ0) is 11.3. The summed E-state index contributed by atoms with van der Waals surface area (Å²) in [5, 5.41) is 3.12. The van der Waals surface area contributed by atoms with Crippen molar-refractivity contribution >= 4 is 23.0 Å². The Balaban J connectivity index is 2.60. The Hall–Kier alpha value is -1.29. The van der Waals surface area contributed by atoms with Crippen LogP contribution in [-0.2, 0) is 0 Å². The summed E-state index contributed by atoms with van der Waals surface area (Å²) in [6, 6.07) is 7.41. The van der Waals surface area contributed by atoms with Crippen LogP contribution in [0.2, 0.25) is 1.41 Å². The van der Waals surface area contributed by atoms with Gasteiger partial charge in [-0.2, -0.15) is 0 Å². The quantitative estimate of drug-likeness (QED) is 0.753. The van der Waals surface area contributed by atoms with Crippen LogP contribution in [0.15, 0.2) is 24.3 Å². The fourth-order valence-electron chi connectivity index (χ4n) is 1.02. The molecule has 4 heteroatoms. The lowest BCUT2D eigenvalue weighted by Crippen LogP contribution is -2.18. The Morgan fingerprint density at radius 1 is 1.50 bits per heavy atom. The Kier molecular flexibility index (Phi) is 3.19. The third kappa shape index (κ3) is 3.62. The van der Waals surface area contributed by atoms with E-state index in [-0.39, 0.29) is 11.2 Å². The molecule has 3 nitrogen and oxygen atoms in total. The van der Waals surface area contributed by atoms with Crippen LogP contribution >= 0.6 is 12.2 Å². The minimum absolute atomic E-state index is 0.166. The van der Waals surface area contributed by atoms with Gasteiger partial charge in [-0.15, -0.1) is 0 Å². The summed E-state index contributed by atoms with van der Waals surface area (Å²) >= 11 is 4.80. The lowest BCUT2D eigenvalue weighted by molar-refractivity contribution is 0.242. The van der Waals surface area contributed by atoms with Gasteiger partial charge in [-0.3, -0.25) is 0 Å². The molecule has 0 aliphatic heterocycles. The van der Waals surface area contributed by atoms with Gasteiger partial charge in [0.25, 0.3) is 0 Å². The summed E-state index contributed by atoms with van der Waals surface area (Å²) in [5.41, 5.74) is 2.93. The molecule has 1 aromatic carbocycles. The largest absolute Gasteiger partial charge is 0.491 e. The zero-order valence-electron chi connectivity index (χ0n) is 9.20. The van der Waals surface area contributed by atoms with Crippen molar-refractivity contribution in [1.29, 1.82) is 0 Å². The molecule has 3 N–H and O–H groups in total. The average molecular weight is 212 g/mol. The highest BCUT2D eigenvalue weighted by molar-refractivity contribution is 7.80. The van der Waals surface area contributed by atoms with E-state index in [2.05, 4.69) is 11.0 Å². The minimum Gasteiger partial charge on any atom is -0.491 e. The molecule has 14 heavy (non-hydrogen) atoms. The van der Waals surface area contributed by atoms with Crippen molar-refractivity contribution in [3.05, 3.63) is 24.3 Å². The molecule has 0 heterocycles. The number of nitrogens with one attached hydrogen (secondary N) is 1. The molecule has 0 saturated carbocycles. The molecule has 0 aliphatic rings. The summed E-state index contributed by atoms with van der Waals surface area (Å²) in [6.45, 7) is 3.95. The molecule has 0 spiro atoms. The summed E-state index contributed by atoms with van der Waals surface area (Å²) in [5.74, 6) is 0.820. The number of nitrogens with two attached hydrogens (primary N) is 1. The van der Waals surface area contributed by atoms with Crippen molar-refractivity contribution in [3.8, 4) is 5.75 Å². The monoisotopic (exact) mass is 212 g/mol. The van der Waals surface area contributed by atoms with Gasteiger partial charge in [0.05, 0.1) is 6.10 Å². The molecule has 0 saturated heterocycles. The Morgan fingerprint density at radius 3 is 2.64 bits per heavy atom. The maximum Gasteiger partial charge on any atom is 0.168 e. The summed E-state index contributed by atoms with van der Waals surface area (Å²) < 4.78 is 12.3. The van der Waals surface area contributed by atoms with Crippen molar-refractivity contribution in [2.75, 3.05) is 5.32 Å².